The van der Waals surface area contributed by atoms with Gasteiger partial charge < -0.3 is 0 Å². The molecule has 1 aliphatic carbocycles. The van der Waals surface area contributed by atoms with Gasteiger partial charge in [0.2, 0.25) is 5.91 Å². The molecule has 1 heterocycles. The van der Waals surface area contributed by atoms with E-state index >= 15 is 0 Å². The summed E-state index contributed by atoms with van der Waals surface area (Å²) in [5.41, 5.74) is 8.31. The van der Waals surface area contributed by atoms with E-state index in [1.165, 1.54) is 0 Å². The van der Waals surface area contributed by atoms with Crippen LogP contribution in [0.25, 0.3) is 0 Å². The minimum Gasteiger partial charge on any atom is -0.273 e. The van der Waals surface area contributed by atoms with Gasteiger partial charge in [0.05, 0.1) is 16.8 Å². The van der Waals surface area contributed by atoms with E-state index in [2.05, 4.69) is 15.8 Å². The normalized spacial score (nSPS) is 13.6. The topological polar surface area (TPSA) is 71.1 Å². The largest absolute Gasteiger partial charge is 0.273 e. The van der Waals surface area contributed by atoms with E-state index in [0.29, 0.717) is 11.3 Å². The summed E-state index contributed by atoms with van der Waals surface area (Å²) in [6.45, 7) is 0. The first kappa shape index (κ1) is 15.1. The van der Waals surface area contributed by atoms with E-state index in [-0.39, 0.29) is 17.7 Å². The second kappa shape index (κ2) is 6.93. The summed E-state index contributed by atoms with van der Waals surface area (Å²) in [5, 5.41) is 1.99. The van der Waals surface area contributed by atoms with Gasteiger partial charge in [0, 0.05) is 21.9 Å². The first-order valence-corrected chi connectivity index (χ1v) is 8.86. The number of amides is 2. The van der Waals surface area contributed by atoms with E-state index in [9.17, 15) is 9.59 Å². The number of nitrogens with zero attached hydrogens (tertiary/aromatic N) is 1. The number of hydrazine groups is 1. The van der Waals surface area contributed by atoms with E-state index in [1.807, 2.05) is 23.6 Å². The number of benzene rings is 1. The van der Waals surface area contributed by atoms with Gasteiger partial charge in [-0.2, -0.15) is 0 Å². The third-order valence-corrected chi connectivity index (χ3v) is 4.98. The zero-order valence-corrected chi connectivity index (χ0v) is 13.4. The van der Waals surface area contributed by atoms with Crippen molar-refractivity contribution in [1.29, 1.82) is 0 Å². The lowest BCUT2D eigenvalue weighted by Crippen LogP contribution is -2.42. The molecule has 0 saturated heterocycles. The van der Waals surface area contributed by atoms with Crippen molar-refractivity contribution in [2.75, 3.05) is 0 Å². The summed E-state index contributed by atoms with van der Waals surface area (Å²) >= 11 is 3.11. The molecule has 1 aromatic heterocycles. The van der Waals surface area contributed by atoms with E-state index in [0.717, 1.165) is 23.4 Å². The SMILES string of the molecule is O=C(NNC(=O)C1CC1)c1ccccc1SCc1cscn1. The molecule has 0 spiro atoms. The molecule has 2 aromatic rings. The molecular formula is C15H15N3O2S2. The average Bonchev–Trinajstić information content (AvgIpc) is 3.27. The van der Waals surface area contributed by atoms with Gasteiger partial charge in [-0.05, 0) is 25.0 Å². The van der Waals surface area contributed by atoms with Crippen LogP contribution in [0.15, 0.2) is 40.1 Å². The quantitative estimate of drug-likeness (QED) is 0.652. The van der Waals surface area contributed by atoms with Crippen molar-refractivity contribution in [3.8, 4) is 0 Å². The summed E-state index contributed by atoms with van der Waals surface area (Å²) in [5.74, 6) is 0.369. The molecule has 0 bridgehead atoms. The van der Waals surface area contributed by atoms with Crippen LogP contribution in [0.4, 0.5) is 0 Å². The maximum absolute atomic E-state index is 12.2. The van der Waals surface area contributed by atoms with Crippen LogP contribution >= 0.6 is 23.1 Å². The molecule has 114 valence electrons. The monoisotopic (exact) mass is 333 g/mol. The maximum atomic E-state index is 12.2. The maximum Gasteiger partial charge on any atom is 0.270 e. The van der Waals surface area contributed by atoms with Crippen LogP contribution in [0.3, 0.4) is 0 Å². The van der Waals surface area contributed by atoms with Gasteiger partial charge in [-0.1, -0.05) is 12.1 Å². The summed E-state index contributed by atoms with van der Waals surface area (Å²) < 4.78 is 0. The number of hydrogen-bond donors (Lipinski definition) is 2. The molecule has 2 amide bonds. The summed E-state index contributed by atoms with van der Waals surface area (Å²) in [6.07, 6.45) is 1.81. The minimum absolute atomic E-state index is 0.0644. The van der Waals surface area contributed by atoms with Gasteiger partial charge in [-0.25, -0.2) is 4.98 Å². The molecule has 0 atom stereocenters. The van der Waals surface area contributed by atoms with Crippen molar-refractivity contribution in [1.82, 2.24) is 15.8 Å². The van der Waals surface area contributed by atoms with Gasteiger partial charge in [-0.3, -0.25) is 20.4 Å². The molecule has 1 aromatic carbocycles. The summed E-state index contributed by atoms with van der Waals surface area (Å²) in [4.78, 5) is 28.9. The van der Waals surface area contributed by atoms with E-state index in [1.54, 1.807) is 34.7 Å². The predicted octanol–water partition coefficient (Wildman–Crippen LogP) is 2.61. The van der Waals surface area contributed by atoms with Crippen molar-refractivity contribution in [3.05, 3.63) is 46.4 Å². The Hall–Kier alpha value is -1.86. The van der Waals surface area contributed by atoms with Crippen LogP contribution in [-0.2, 0) is 10.5 Å². The lowest BCUT2D eigenvalue weighted by atomic mass is 10.2. The molecule has 1 saturated carbocycles. The Kier molecular flexibility index (Phi) is 4.74. The lowest BCUT2D eigenvalue weighted by molar-refractivity contribution is -0.123. The number of thioether (sulfide) groups is 1. The summed E-state index contributed by atoms with van der Waals surface area (Å²) in [6, 6.07) is 7.35. The number of aromatic nitrogens is 1. The van der Waals surface area contributed by atoms with Crippen molar-refractivity contribution in [3.63, 3.8) is 0 Å². The van der Waals surface area contributed by atoms with Crippen molar-refractivity contribution in [2.24, 2.45) is 5.92 Å². The molecule has 0 unspecified atom stereocenters. The van der Waals surface area contributed by atoms with Crippen molar-refractivity contribution >= 4 is 34.9 Å². The van der Waals surface area contributed by atoms with Crippen LogP contribution in [0.5, 0.6) is 0 Å². The number of carbonyl (C=O) groups is 2. The van der Waals surface area contributed by atoms with Gasteiger partial charge in [0.15, 0.2) is 0 Å². The molecule has 0 radical (unpaired) electrons. The molecule has 5 nitrogen and oxygen atoms in total. The molecule has 1 aliphatic rings. The second-order valence-corrected chi connectivity index (χ2v) is 6.72. The Morgan fingerprint density at radius 2 is 2.09 bits per heavy atom. The number of thiazole rings is 1. The van der Waals surface area contributed by atoms with Gasteiger partial charge in [0.1, 0.15) is 0 Å². The van der Waals surface area contributed by atoms with Crippen LogP contribution in [0, 0.1) is 5.92 Å². The molecule has 0 aliphatic heterocycles. The van der Waals surface area contributed by atoms with Crippen LogP contribution < -0.4 is 10.9 Å². The number of rotatable bonds is 5. The van der Waals surface area contributed by atoms with E-state index in [4.69, 9.17) is 0 Å². The lowest BCUT2D eigenvalue weighted by Gasteiger charge is -2.10. The molecule has 2 N–H and O–H groups in total. The molecule has 7 heteroatoms. The first-order chi connectivity index (χ1) is 10.7. The average molecular weight is 333 g/mol. The highest BCUT2D eigenvalue weighted by Gasteiger charge is 2.29. The van der Waals surface area contributed by atoms with Gasteiger partial charge in [-0.15, -0.1) is 23.1 Å². The van der Waals surface area contributed by atoms with Gasteiger partial charge in [0.25, 0.3) is 5.91 Å². The van der Waals surface area contributed by atoms with Crippen LogP contribution in [0.1, 0.15) is 28.9 Å². The predicted molar refractivity (Wildman–Crippen MR) is 86.4 cm³/mol. The molecule has 22 heavy (non-hydrogen) atoms. The minimum atomic E-state index is -0.296. The first-order valence-electron chi connectivity index (χ1n) is 6.93. The smallest absolute Gasteiger partial charge is 0.270 e. The second-order valence-electron chi connectivity index (χ2n) is 4.98. The Bertz CT molecular complexity index is 669. The fraction of sp³-hybridized carbons (Fsp3) is 0.267. The Labute approximate surface area is 136 Å². The number of carbonyl (C=O) groups excluding carboxylic acids is 2. The highest BCUT2D eigenvalue weighted by Crippen LogP contribution is 2.28. The van der Waals surface area contributed by atoms with Crippen LogP contribution in [0.2, 0.25) is 0 Å². The Morgan fingerprint density at radius 1 is 1.27 bits per heavy atom. The molecule has 3 rings (SSSR count). The summed E-state index contributed by atoms with van der Waals surface area (Å²) in [7, 11) is 0. The number of hydrogen-bond acceptors (Lipinski definition) is 5. The highest BCUT2D eigenvalue weighted by atomic mass is 32.2. The van der Waals surface area contributed by atoms with Crippen molar-refractivity contribution < 1.29 is 9.59 Å². The van der Waals surface area contributed by atoms with Gasteiger partial charge >= 0.3 is 0 Å². The van der Waals surface area contributed by atoms with E-state index < -0.39 is 0 Å². The third kappa shape index (κ3) is 3.86. The zero-order chi connectivity index (χ0) is 15.4. The van der Waals surface area contributed by atoms with Crippen molar-refractivity contribution in [2.45, 2.75) is 23.5 Å². The zero-order valence-electron chi connectivity index (χ0n) is 11.7. The third-order valence-electron chi connectivity index (χ3n) is 3.24. The fourth-order valence-electron chi connectivity index (χ4n) is 1.87. The fourth-order valence-corrected chi connectivity index (χ4v) is 3.49. The molecular weight excluding hydrogens is 318 g/mol. The Balaban J connectivity index is 1.61. The highest BCUT2D eigenvalue weighted by molar-refractivity contribution is 7.98. The Morgan fingerprint density at radius 3 is 2.82 bits per heavy atom. The number of nitrogens with one attached hydrogen (secondary N) is 2. The molecule has 1 fully saturated rings. The standard InChI is InChI=1S/C15H15N3O2S2/c19-14(10-5-6-10)17-18-15(20)12-3-1-2-4-13(12)22-8-11-7-21-9-16-11/h1-4,7,9-10H,5-6,8H2,(H,17,19)(H,18,20). The van der Waals surface area contributed by atoms with Crippen LogP contribution in [-0.4, -0.2) is 16.8 Å².